The van der Waals surface area contributed by atoms with E-state index in [2.05, 4.69) is 39.9 Å². The van der Waals surface area contributed by atoms with Crippen molar-refractivity contribution < 1.29 is 28.6 Å². The van der Waals surface area contributed by atoms with Crippen LogP contribution in [-0.4, -0.2) is 62.0 Å². The second-order valence-electron chi connectivity index (χ2n) is 15.6. The number of hydrogen-bond donors (Lipinski definition) is 4. The Kier molecular flexibility index (Phi) is 9.43. The van der Waals surface area contributed by atoms with Gasteiger partial charge in [-0.15, -0.1) is 0 Å². The van der Waals surface area contributed by atoms with Crippen LogP contribution in [0.25, 0.3) is 44.8 Å². The first-order valence-electron chi connectivity index (χ1n) is 18.8. The van der Waals surface area contributed by atoms with Gasteiger partial charge in [0.1, 0.15) is 11.3 Å². The fourth-order valence-electron chi connectivity index (χ4n) is 10.3. The summed E-state index contributed by atoms with van der Waals surface area (Å²) in [6.07, 6.45) is 15.3. The summed E-state index contributed by atoms with van der Waals surface area (Å²) in [5.74, 6) is -1.67. The monoisotopic (exact) mass is 800 g/mol. The molecule has 4 saturated carbocycles. The molecule has 6 aromatic heterocycles. The maximum Gasteiger partial charge on any atom is 0.307 e. The van der Waals surface area contributed by atoms with Gasteiger partial charge in [0, 0.05) is 46.7 Å². The van der Waals surface area contributed by atoms with Crippen molar-refractivity contribution in [3.8, 4) is 22.8 Å². The third-order valence-corrected chi connectivity index (χ3v) is 13.1. The fourth-order valence-corrected chi connectivity index (χ4v) is 10.6. The van der Waals surface area contributed by atoms with E-state index in [1.54, 1.807) is 36.9 Å². The van der Waals surface area contributed by atoms with Crippen molar-refractivity contribution in [3.05, 3.63) is 82.4 Å². The molecule has 0 radical (unpaired) electrons. The second-order valence-corrected chi connectivity index (χ2v) is 16.5. The molecular weight excluding hydrogens is 765 g/mol. The van der Waals surface area contributed by atoms with Crippen molar-refractivity contribution in [1.29, 1.82) is 0 Å². The van der Waals surface area contributed by atoms with E-state index in [1.807, 2.05) is 0 Å². The molecule has 16 heteroatoms. The van der Waals surface area contributed by atoms with Gasteiger partial charge in [0.25, 0.3) is 0 Å². The Labute approximate surface area is 328 Å². The highest BCUT2D eigenvalue weighted by Gasteiger charge is 2.52. The van der Waals surface area contributed by atoms with Crippen LogP contribution in [0.15, 0.2) is 49.3 Å². The summed E-state index contributed by atoms with van der Waals surface area (Å²) in [7, 11) is 0. The van der Waals surface area contributed by atoms with E-state index in [9.17, 15) is 28.6 Å². The Morgan fingerprint density at radius 1 is 0.643 bits per heavy atom. The molecule has 4 aliphatic carbocycles. The summed E-state index contributed by atoms with van der Waals surface area (Å²) >= 11 is 12.1. The number of fused-ring (bicyclic) bond motifs is 6. The summed E-state index contributed by atoms with van der Waals surface area (Å²) in [5.41, 5.74) is 3.22. The van der Waals surface area contributed by atoms with E-state index in [0.29, 0.717) is 68.8 Å². The Morgan fingerprint density at radius 3 is 1.46 bits per heavy atom. The first-order chi connectivity index (χ1) is 27.0. The van der Waals surface area contributed by atoms with Crippen molar-refractivity contribution in [2.75, 3.05) is 0 Å². The van der Waals surface area contributed by atoms with Crippen LogP contribution in [-0.2, 0) is 22.4 Å². The van der Waals surface area contributed by atoms with Gasteiger partial charge in [-0.1, -0.05) is 23.2 Å². The third kappa shape index (κ3) is 6.55. The molecule has 4 bridgehead atoms. The van der Waals surface area contributed by atoms with Crippen LogP contribution in [0.5, 0.6) is 0 Å². The van der Waals surface area contributed by atoms with Crippen LogP contribution in [0.1, 0.15) is 49.9 Å². The second kappa shape index (κ2) is 14.5. The molecule has 6 heterocycles. The topological polar surface area (TPSA) is 184 Å². The molecule has 0 aliphatic heterocycles. The molecule has 6 aromatic rings. The SMILES string of the molecule is O=C(O)[C@H]1C(Cc2nc(-c3c[nH]c4ncc(Cl)cc34)ncc2F)[C@H]2CC[C@@H]1C2.O=C(O)[C@H]1[C@@H]2CC[C@@H](C2)[C@@H]1Cc1nc(-c2c[nH]c3ncc(Cl)cc23)ncc1F. The van der Waals surface area contributed by atoms with Crippen molar-refractivity contribution >= 4 is 57.2 Å². The number of pyridine rings is 2. The van der Waals surface area contributed by atoms with Gasteiger partial charge in [-0.2, -0.15) is 0 Å². The average Bonchev–Trinajstić information content (AvgIpc) is 4.04. The van der Waals surface area contributed by atoms with Crippen molar-refractivity contribution in [1.82, 2.24) is 39.9 Å². The number of rotatable bonds is 8. The number of halogens is 4. The lowest BCUT2D eigenvalue weighted by atomic mass is 9.77. The van der Waals surface area contributed by atoms with Crippen LogP contribution in [0.2, 0.25) is 10.0 Å². The van der Waals surface area contributed by atoms with Gasteiger partial charge < -0.3 is 20.2 Å². The Hall–Kier alpha value is -5.08. The summed E-state index contributed by atoms with van der Waals surface area (Å²) in [5, 5.41) is 21.8. The molecule has 8 atom stereocenters. The first kappa shape index (κ1) is 36.6. The average molecular weight is 802 g/mol. The zero-order chi connectivity index (χ0) is 38.8. The minimum Gasteiger partial charge on any atom is -0.481 e. The maximum absolute atomic E-state index is 14.5. The molecule has 288 valence electrons. The number of hydrogen-bond acceptors (Lipinski definition) is 8. The lowest BCUT2D eigenvalue weighted by Crippen LogP contribution is -2.31. The molecule has 1 unspecified atom stereocenters. The Balaban J connectivity index is 0.000000146. The van der Waals surface area contributed by atoms with Gasteiger partial charge in [-0.3, -0.25) is 9.59 Å². The van der Waals surface area contributed by atoms with Gasteiger partial charge >= 0.3 is 11.9 Å². The number of aromatic amines is 2. The summed E-state index contributed by atoms with van der Waals surface area (Å²) in [6.45, 7) is 0. The Morgan fingerprint density at radius 2 is 1.05 bits per heavy atom. The predicted octanol–water partition coefficient (Wildman–Crippen LogP) is 8.20. The van der Waals surface area contributed by atoms with Crippen molar-refractivity contribution in [2.45, 2.75) is 51.4 Å². The number of aliphatic carboxylic acids is 2. The van der Waals surface area contributed by atoms with Crippen molar-refractivity contribution in [2.24, 2.45) is 47.3 Å². The smallest absolute Gasteiger partial charge is 0.307 e. The number of carbonyl (C=O) groups is 2. The quantitative estimate of drug-likeness (QED) is 0.117. The van der Waals surface area contributed by atoms with Gasteiger partial charge in [0.05, 0.1) is 45.7 Å². The number of carboxylic acid groups (broad SMARTS) is 2. The van der Waals surface area contributed by atoms with E-state index in [4.69, 9.17) is 23.2 Å². The summed E-state index contributed by atoms with van der Waals surface area (Å²) < 4.78 is 29.0. The maximum atomic E-state index is 14.5. The van der Waals surface area contributed by atoms with Crippen molar-refractivity contribution in [3.63, 3.8) is 0 Å². The lowest BCUT2D eigenvalue weighted by molar-refractivity contribution is -0.146. The van der Waals surface area contributed by atoms with Gasteiger partial charge in [0.15, 0.2) is 23.3 Å². The molecule has 56 heavy (non-hydrogen) atoms. The van der Waals surface area contributed by atoms with E-state index in [1.165, 1.54) is 0 Å². The minimum absolute atomic E-state index is 0.0763. The summed E-state index contributed by atoms with van der Waals surface area (Å²) in [6, 6.07) is 3.52. The van der Waals surface area contributed by atoms with E-state index < -0.39 is 35.4 Å². The molecule has 10 rings (SSSR count). The zero-order valence-electron chi connectivity index (χ0n) is 29.8. The molecule has 4 aliphatic rings. The van der Waals surface area contributed by atoms with Crippen LogP contribution in [0.3, 0.4) is 0 Å². The molecule has 0 aromatic carbocycles. The van der Waals surface area contributed by atoms with Gasteiger partial charge in [0.2, 0.25) is 0 Å². The predicted molar refractivity (Wildman–Crippen MR) is 202 cm³/mol. The number of H-pyrrole nitrogens is 2. The number of nitrogens with one attached hydrogen (secondary N) is 2. The van der Waals surface area contributed by atoms with Gasteiger partial charge in [-0.25, -0.2) is 38.7 Å². The number of carboxylic acids is 2. The van der Waals surface area contributed by atoms with E-state index in [0.717, 1.165) is 61.7 Å². The molecular formula is C40H36Cl2F2N8O4. The van der Waals surface area contributed by atoms with E-state index in [-0.39, 0.29) is 35.1 Å². The lowest BCUT2D eigenvalue weighted by Gasteiger charge is -2.27. The normalized spacial score (nSPS) is 26.2. The molecule has 12 nitrogen and oxygen atoms in total. The molecule has 0 spiro atoms. The van der Waals surface area contributed by atoms with Crippen LogP contribution in [0.4, 0.5) is 8.78 Å². The van der Waals surface area contributed by atoms with Crippen LogP contribution < -0.4 is 0 Å². The highest BCUT2D eigenvalue weighted by Crippen LogP contribution is 2.54. The summed E-state index contributed by atoms with van der Waals surface area (Å²) in [4.78, 5) is 55.3. The molecule has 4 N–H and O–H groups in total. The zero-order valence-corrected chi connectivity index (χ0v) is 31.3. The minimum atomic E-state index is -0.774. The molecule has 0 amide bonds. The molecule has 0 saturated heterocycles. The van der Waals surface area contributed by atoms with Crippen LogP contribution >= 0.6 is 23.2 Å². The molecule has 4 fully saturated rings. The largest absolute Gasteiger partial charge is 0.481 e. The number of aromatic nitrogens is 8. The highest BCUT2D eigenvalue weighted by molar-refractivity contribution is 6.31. The van der Waals surface area contributed by atoms with Gasteiger partial charge in [-0.05, 0) is 99.0 Å². The first-order valence-corrected chi connectivity index (χ1v) is 19.5. The number of nitrogens with zero attached hydrogens (tertiary/aromatic N) is 6. The standard InChI is InChI=1S/2C20H18ClFN4O2/c2*21-11-4-13-14(7-24-18(13)23-6-11)19-25-8-15(22)16(26-19)5-12-9-1-2-10(3-9)17(12)20(27)28/h2*4,6-10,12,17H,1-3,5H2,(H,23,24)(H,27,28)/t9-,10+,12?,17+;9-,10+,12-,17-/m00/s1. The highest BCUT2D eigenvalue weighted by atomic mass is 35.5. The van der Waals surface area contributed by atoms with Crippen LogP contribution in [0, 0.1) is 59.0 Å². The van der Waals surface area contributed by atoms with E-state index >= 15 is 0 Å². The fraction of sp³-hybridized carbons (Fsp3) is 0.400. The Bertz CT molecular complexity index is 2340. The third-order valence-electron chi connectivity index (χ3n) is 12.7.